The summed E-state index contributed by atoms with van der Waals surface area (Å²) >= 11 is 5.25. The van der Waals surface area contributed by atoms with E-state index < -0.39 is 16.8 Å². The topological polar surface area (TPSA) is 23.8 Å². The van der Waals surface area contributed by atoms with Crippen LogP contribution in [0, 0.1) is 11.3 Å². The van der Waals surface area contributed by atoms with Crippen molar-refractivity contribution in [1.82, 2.24) is 0 Å². The van der Waals surface area contributed by atoms with E-state index in [0.29, 0.717) is 0 Å². The van der Waals surface area contributed by atoms with Crippen LogP contribution in [0.15, 0.2) is 59.6 Å². The van der Waals surface area contributed by atoms with Crippen molar-refractivity contribution < 1.29 is 13.2 Å². The van der Waals surface area contributed by atoms with E-state index in [1.807, 2.05) is 30.3 Å². The van der Waals surface area contributed by atoms with Gasteiger partial charge < -0.3 is 0 Å². The Balaban J connectivity index is 2.42. The number of benzene rings is 2. The minimum absolute atomic E-state index is 0.138. The van der Waals surface area contributed by atoms with E-state index in [9.17, 15) is 13.2 Å². The molecule has 0 bridgehead atoms. The molecule has 1 nitrogen and oxygen atoms in total. The number of nitriles is 1. The van der Waals surface area contributed by atoms with Gasteiger partial charge >= 0.3 is 6.18 Å². The molecule has 0 fully saturated rings. The molecule has 0 aliphatic carbocycles. The van der Waals surface area contributed by atoms with Crippen molar-refractivity contribution in [2.24, 2.45) is 0 Å². The summed E-state index contributed by atoms with van der Waals surface area (Å²) < 4.78 is 37.7. The molecule has 0 aromatic heterocycles. The number of halogens is 4. The molecular weight excluding hydrogens is 299 g/mol. The largest absolute Gasteiger partial charge is 0.428 e. The molecule has 0 radical (unpaired) electrons. The first-order chi connectivity index (χ1) is 9.93. The van der Waals surface area contributed by atoms with Gasteiger partial charge in [0.25, 0.3) is 0 Å². The molecule has 0 amide bonds. The lowest BCUT2D eigenvalue weighted by atomic mass is 10.0. The number of hydrogen-bond acceptors (Lipinski definition) is 1. The fraction of sp³-hybridized carbons (Fsp3) is 0.0625. The number of allylic oxidation sites excluding steroid dienone is 2. The van der Waals surface area contributed by atoms with Crippen LogP contribution in [0.4, 0.5) is 13.2 Å². The van der Waals surface area contributed by atoms with Crippen LogP contribution in [0.5, 0.6) is 0 Å². The summed E-state index contributed by atoms with van der Waals surface area (Å²) in [4.78, 5) is 0. The molecule has 0 aliphatic heterocycles. The minimum Gasteiger partial charge on any atom is -0.192 e. The van der Waals surface area contributed by atoms with Gasteiger partial charge in [0.1, 0.15) is 11.1 Å². The fourth-order valence-corrected chi connectivity index (χ4v) is 1.99. The SMILES string of the molecule is N#C/C(=C(/Cl)C(F)(F)F)c1ccc(-c2ccccc2)cc1. The maximum Gasteiger partial charge on any atom is 0.428 e. The van der Waals surface area contributed by atoms with Gasteiger partial charge in [-0.05, 0) is 16.7 Å². The first kappa shape index (κ1) is 15.1. The number of nitrogens with zero attached hydrogens (tertiary/aromatic N) is 1. The van der Waals surface area contributed by atoms with Gasteiger partial charge in [0, 0.05) is 0 Å². The summed E-state index contributed by atoms with van der Waals surface area (Å²) in [6.45, 7) is 0. The fourth-order valence-electron chi connectivity index (χ4n) is 1.84. The predicted octanol–water partition coefficient (Wildman–Crippen LogP) is 5.39. The molecule has 0 atom stereocenters. The van der Waals surface area contributed by atoms with Crippen LogP contribution in [0.3, 0.4) is 0 Å². The van der Waals surface area contributed by atoms with Crippen LogP contribution in [0.2, 0.25) is 0 Å². The Morgan fingerprint density at radius 1 is 0.905 bits per heavy atom. The molecule has 0 N–H and O–H groups in total. The Morgan fingerprint density at radius 3 is 1.90 bits per heavy atom. The molecule has 0 aliphatic rings. The van der Waals surface area contributed by atoms with Crippen molar-refractivity contribution in [3.8, 4) is 17.2 Å². The van der Waals surface area contributed by atoms with E-state index in [4.69, 9.17) is 16.9 Å². The molecule has 2 rings (SSSR count). The molecule has 0 spiro atoms. The van der Waals surface area contributed by atoms with Gasteiger partial charge in [-0.2, -0.15) is 18.4 Å². The van der Waals surface area contributed by atoms with Crippen molar-refractivity contribution in [2.45, 2.75) is 6.18 Å². The zero-order chi connectivity index (χ0) is 15.5. The summed E-state index contributed by atoms with van der Waals surface area (Å²) in [7, 11) is 0. The van der Waals surface area contributed by atoms with E-state index in [2.05, 4.69) is 0 Å². The highest BCUT2D eigenvalue weighted by Gasteiger charge is 2.35. The quantitative estimate of drug-likeness (QED) is 0.682. The van der Waals surface area contributed by atoms with Crippen molar-refractivity contribution >= 4 is 17.2 Å². The third-order valence-corrected chi connectivity index (χ3v) is 3.26. The molecule has 0 saturated carbocycles. The van der Waals surface area contributed by atoms with Gasteiger partial charge in [-0.25, -0.2) is 0 Å². The van der Waals surface area contributed by atoms with Gasteiger partial charge in [-0.15, -0.1) is 0 Å². The molecule has 0 unspecified atom stereocenters. The Bertz CT molecular complexity index is 695. The van der Waals surface area contributed by atoms with E-state index >= 15 is 0 Å². The maximum absolute atomic E-state index is 12.6. The highest BCUT2D eigenvalue weighted by molar-refractivity contribution is 6.34. The third kappa shape index (κ3) is 3.45. The monoisotopic (exact) mass is 307 g/mol. The van der Waals surface area contributed by atoms with E-state index in [1.165, 1.54) is 18.2 Å². The van der Waals surface area contributed by atoms with Gasteiger partial charge in [0.05, 0.1) is 5.57 Å². The summed E-state index contributed by atoms with van der Waals surface area (Å²) in [6.07, 6.45) is -4.73. The molecular formula is C16H9ClF3N. The molecule has 21 heavy (non-hydrogen) atoms. The van der Waals surface area contributed by atoms with Crippen molar-refractivity contribution in [3.05, 3.63) is 65.2 Å². The van der Waals surface area contributed by atoms with E-state index in [1.54, 1.807) is 12.1 Å². The van der Waals surface area contributed by atoms with E-state index in [0.717, 1.165) is 11.1 Å². The van der Waals surface area contributed by atoms with Crippen LogP contribution < -0.4 is 0 Å². The van der Waals surface area contributed by atoms with Crippen LogP contribution in [-0.4, -0.2) is 6.18 Å². The first-order valence-electron chi connectivity index (χ1n) is 5.96. The Morgan fingerprint density at radius 2 is 1.43 bits per heavy atom. The van der Waals surface area contributed by atoms with Crippen LogP contribution in [0.25, 0.3) is 16.7 Å². The highest BCUT2D eigenvalue weighted by Crippen LogP contribution is 2.35. The van der Waals surface area contributed by atoms with Gasteiger partial charge in [-0.3, -0.25) is 0 Å². The lowest BCUT2D eigenvalue weighted by Crippen LogP contribution is -2.09. The van der Waals surface area contributed by atoms with Gasteiger partial charge in [0.15, 0.2) is 0 Å². The van der Waals surface area contributed by atoms with Crippen LogP contribution in [-0.2, 0) is 0 Å². The molecule has 0 saturated heterocycles. The first-order valence-corrected chi connectivity index (χ1v) is 6.34. The Hall–Kier alpha value is -2.25. The normalized spacial score (nSPS) is 12.5. The summed E-state index contributed by atoms with van der Waals surface area (Å²) in [5.74, 6) is 0. The number of hydrogen-bond donors (Lipinski definition) is 0. The summed E-state index contributed by atoms with van der Waals surface area (Å²) in [6, 6.07) is 17.1. The standard InChI is InChI=1S/C16H9ClF3N/c17-15(16(18,19)20)14(10-21)13-8-6-12(7-9-13)11-4-2-1-3-5-11/h1-9H/b15-14-. The average molecular weight is 308 g/mol. The highest BCUT2D eigenvalue weighted by atomic mass is 35.5. The second-order valence-corrected chi connectivity index (χ2v) is 4.62. The molecule has 106 valence electrons. The van der Waals surface area contributed by atoms with Crippen molar-refractivity contribution in [2.75, 3.05) is 0 Å². The summed E-state index contributed by atoms with van der Waals surface area (Å²) in [5.41, 5.74) is 1.34. The van der Waals surface area contributed by atoms with E-state index in [-0.39, 0.29) is 5.56 Å². The van der Waals surface area contributed by atoms with Gasteiger partial charge in [0.2, 0.25) is 0 Å². The molecule has 2 aromatic rings. The third-order valence-electron chi connectivity index (χ3n) is 2.86. The Labute approximate surface area is 124 Å². The lowest BCUT2D eigenvalue weighted by molar-refractivity contribution is -0.0839. The predicted molar refractivity (Wildman–Crippen MR) is 76.3 cm³/mol. The van der Waals surface area contributed by atoms with Crippen LogP contribution in [0.1, 0.15) is 5.56 Å². The summed E-state index contributed by atoms with van der Waals surface area (Å²) in [5, 5.41) is 7.50. The molecule has 2 aromatic carbocycles. The second-order valence-electron chi connectivity index (χ2n) is 4.24. The molecule has 0 heterocycles. The number of alkyl halides is 3. The molecule has 5 heteroatoms. The maximum atomic E-state index is 12.6. The zero-order valence-corrected chi connectivity index (χ0v) is 11.4. The van der Waals surface area contributed by atoms with Gasteiger partial charge in [-0.1, -0.05) is 66.2 Å². The average Bonchev–Trinajstić information content (AvgIpc) is 2.48. The lowest BCUT2D eigenvalue weighted by Gasteiger charge is -2.08. The van der Waals surface area contributed by atoms with Crippen molar-refractivity contribution in [1.29, 1.82) is 5.26 Å². The minimum atomic E-state index is -4.73. The smallest absolute Gasteiger partial charge is 0.192 e. The Kier molecular flexibility index (Phi) is 4.35. The van der Waals surface area contributed by atoms with Crippen molar-refractivity contribution in [3.63, 3.8) is 0 Å². The second kappa shape index (κ2) is 6.02. The zero-order valence-electron chi connectivity index (χ0n) is 10.7. The van der Waals surface area contributed by atoms with Crippen LogP contribution >= 0.6 is 11.6 Å². The number of rotatable bonds is 2.